The van der Waals surface area contributed by atoms with E-state index in [1.54, 1.807) is 0 Å². The molecule has 0 saturated carbocycles. The van der Waals surface area contributed by atoms with Gasteiger partial charge in [0.05, 0.1) is 0 Å². The van der Waals surface area contributed by atoms with Gasteiger partial charge in [0.25, 0.3) is 0 Å². The molecule has 2 rings (SSSR count). The van der Waals surface area contributed by atoms with Gasteiger partial charge in [-0.15, -0.1) is 0 Å². The molecule has 1 fully saturated rings. The van der Waals surface area contributed by atoms with Crippen LogP contribution in [-0.4, -0.2) is 37.5 Å². The summed E-state index contributed by atoms with van der Waals surface area (Å²) in [4.78, 5) is -0.880. The van der Waals surface area contributed by atoms with Crippen LogP contribution < -0.4 is 0 Å². The Morgan fingerprint density at radius 3 is 2.50 bits per heavy atom. The molecule has 1 aliphatic rings. The molecule has 0 radical (unpaired) electrons. The number of aliphatic hydroxyl groups is 1. The lowest BCUT2D eigenvalue weighted by molar-refractivity contribution is 0.165. The van der Waals surface area contributed by atoms with Gasteiger partial charge in [-0.05, 0) is 24.8 Å². The molecule has 1 N–H and O–H groups in total. The van der Waals surface area contributed by atoms with Gasteiger partial charge in [0.1, 0.15) is 10.7 Å². The van der Waals surface area contributed by atoms with Gasteiger partial charge < -0.3 is 5.11 Å². The lowest BCUT2D eigenvalue weighted by Crippen LogP contribution is -2.41. The van der Waals surface area contributed by atoms with Gasteiger partial charge in [-0.1, -0.05) is 0 Å². The van der Waals surface area contributed by atoms with Gasteiger partial charge in [0.15, 0.2) is 11.6 Å². The molecule has 0 aromatic heterocycles. The number of sulfonamides is 1. The minimum absolute atomic E-state index is 0.0390. The van der Waals surface area contributed by atoms with E-state index in [2.05, 4.69) is 0 Å². The van der Waals surface area contributed by atoms with Crippen LogP contribution in [0, 0.1) is 23.4 Å². The van der Waals surface area contributed by atoms with Crippen molar-refractivity contribution in [1.29, 1.82) is 0 Å². The molecule has 112 valence electrons. The van der Waals surface area contributed by atoms with E-state index in [0.717, 1.165) is 4.31 Å². The number of nitrogens with zero attached hydrogens (tertiary/aromatic N) is 1. The normalized spacial score (nSPS) is 21.1. The van der Waals surface area contributed by atoms with Crippen LogP contribution in [0.1, 0.15) is 12.8 Å². The maximum absolute atomic E-state index is 13.6. The monoisotopic (exact) mass is 309 g/mol. The molecule has 0 amide bonds. The highest BCUT2D eigenvalue weighted by Gasteiger charge is 2.32. The smallest absolute Gasteiger partial charge is 0.246 e. The second kappa shape index (κ2) is 5.71. The first-order valence-electron chi connectivity index (χ1n) is 6.12. The van der Waals surface area contributed by atoms with E-state index in [1.165, 1.54) is 0 Å². The van der Waals surface area contributed by atoms with E-state index in [1.807, 2.05) is 0 Å². The summed E-state index contributed by atoms with van der Waals surface area (Å²) in [6, 6.07) is 0.568. The Bertz CT molecular complexity index is 606. The summed E-state index contributed by atoms with van der Waals surface area (Å²) in [5.74, 6) is -4.41. The molecule has 20 heavy (non-hydrogen) atoms. The second-order valence-electron chi connectivity index (χ2n) is 4.75. The molecule has 8 heteroatoms. The van der Waals surface area contributed by atoms with Crippen molar-refractivity contribution < 1.29 is 26.7 Å². The van der Waals surface area contributed by atoms with Crippen molar-refractivity contribution in [3.05, 3.63) is 29.6 Å². The van der Waals surface area contributed by atoms with Crippen LogP contribution in [0.3, 0.4) is 0 Å². The van der Waals surface area contributed by atoms with Crippen LogP contribution in [0.4, 0.5) is 13.2 Å². The second-order valence-corrected chi connectivity index (χ2v) is 6.66. The van der Waals surface area contributed by atoms with Crippen molar-refractivity contribution in [2.75, 3.05) is 19.7 Å². The van der Waals surface area contributed by atoms with Crippen LogP contribution in [0.5, 0.6) is 0 Å². The van der Waals surface area contributed by atoms with Crippen molar-refractivity contribution >= 4 is 10.0 Å². The molecule has 1 saturated heterocycles. The third-order valence-electron chi connectivity index (χ3n) is 3.33. The highest BCUT2D eigenvalue weighted by molar-refractivity contribution is 7.89. The molecule has 0 aliphatic carbocycles. The van der Waals surface area contributed by atoms with E-state index in [-0.39, 0.29) is 31.7 Å². The van der Waals surface area contributed by atoms with E-state index in [9.17, 15) is 21.6 Å². The number of piperidine rings is 1. The largest absolute Gasteiger partial charge is 0.396 e. The molecule has 1 aromatic rings. The Kier molecular flexibility index (Phi) is 4.36. The zero-order chi connectivity index (χ0) is 14.9. The Hall–Kier alpha value is -1.12. The Balaban J connectivity index is 2.37. The van der Waals surface area contributed by atoms with Crippen LogP contribution in [0.15, 0.2) is 17.0 Å². The van der Waals surface area contributed by atoms with Gasteiger partial charge in [-0.2, -0.15) is 4.31 Å². The topological polar surface area (TPSA) is 57.6 Å². The molecule has 1 aliphatic heterocycles. The minimum atomic E-state index is -4.23. The lowest BCUT2D eigenvalue weighted by atomic mass is 10.0. The minimum Gasteiger partial charge on any atom is -0.396 e. The fourth-order valence-electron chi connectivity index (χ4n) is 2.24. The van der Waals surface area contributed by atoms with Crippen molar-refractivity contribution in [1.82, 2.24) is 4.31 Å². The lowest BCUT2D eigenvalue weighted by Gasteiger charge is -2.31. The van der Waals surface area contributed by atoms with Crippen LogP contribution in [0.2, 0.25) is 0 Å². The van der Waals surface area contributed by atoms with E-state index < -0.39 is 32.4 Å². The number of benzene rings is 1. The fraction of sp³-hybridized carbons (Fsp3) is 0.500. The van der Waals surface area contributed by atoms with E-state index in [0.29, 0.717) is 18.9 Å². The predicted octanol–water partition coefficient (Wildman–Crippen LogP) is 1.50. The number of hydrogen-bond donors (Lipinski definition) is 1. The third kappa shape index (κ3) is 2.82. The first-order valence-corrected chi connectivity index (χ1v) is 7.56. The van der Waals surface area contributed by atoms with Crippen molar-refractivity contribution in [3.8, 4) is 0 Å². The molecule has 1 aromatic carbocycles. The summed E-state index contributed by atoms with van der Waals surface area (Å²) in [6.45, 7) is 0.0286. The Labute approximate surface area is 114 Å². The maximum Gasteiger partial charge on any atom is 0.246 e. The Morgan fingerprint density at radius 1 is 1.20 bits per heavy atom. The standard InChI is InChI=1S/C12H14F3NO3S/c13-9-4-11(15)12(5-10(9)14)20(18,19)16-3-1-2-8(6-16)7-17/h4-5,8,17H,1-3,6-7H2. The molecule has 1 unspecified atom stereocenters. The number of hydrogen-bond acceptors (Lipinski definition) is 3. The summed E-state index contributed by atoms with van der Waals surface area (Å²) in [7, 11) is -4.23. The first-order chi connectivity index (χ1) is 9.36. The third-order valence-corrected chi connectivity index (χ3v) is 5.21. The summed E-state index contributed by atoms with van der Waals surface area (Å²) < 4.78 is 65.1. The van der Waals surface area contributed by atoms with E-state index >= 15 is 0 Å². The summed E-state index contributed by atoms with van der Waals surface area (Å²) >= 11 is 0. The van der Waals surface area contributed by atoms with Crippen LogP contribution >= 0.6 is 0 Å². The van der Waals surface area contributed by atoms with Gasteiger partial charge in [0, 0.05) is 25.8 Å². The van der Waals surface area contributed by atoms with Crippen molar-refractivity contribution in [2.24, 2.45) is 5.92 Å². The summed E-state index contributed by atoms with van der Waals surface area (Å²) in [5.41, 5.74) is 0. The summed E-state index contributed by atoms with van der Waals surface area (Å²) in [5, 5.41) is 9.08. The Morgan fingerprint density at radius 2 is 1.85 bits per heavy atom. The van der Waals surface area contributed by atoms with Crippen molar-refractivity contribution in [3.63, 3.8) is 0 Å². The quantitative estimate of drug-likeness (QED) is 0.861. The highest BCUT2D eigenvalue weighted by atomic mass is 32.2. The molecular formula is C12H14F3NO3S. The average Bonchev–Trinajstić information content (AvgIpc) is 2.42. The highest BCUT2D eigenvalue weighted by Crippen LogP contribution is 2.26. The van der Waals surface area contributed by atoms with Gasteiger partial charge in [-0.25, -0.2) is 21.6 Å². The molecular weight excluding hydrogens is 295 g/mol. The summed E-state index contributed by atoms with van der Waals surface area (Å²) in [6.07, 6.45) is 1.19. The predicted molar refractivity (Wildman–Crippen MR) is 64.9 cm³/mol. The molecule has 1 heterocycles. The van der Waals surface area contributed by atoms with Crippen molar-refractivity contribution in [2.45, 2.75) is 17.7 Å². The van der Waals surface area contributed by atoms with Gasteiger partial charge in [-0.3, -0.25) is 0 Å². The molecule has 0 spiro atoms. The zero-order valence-electron chi connectivity index (χ0n) is 10.5. The number of halogens is 3. The van der Waals surface area contributed by atoms with Crippen LogP contribution in [-0.2, 0) is 10.0 Å². The molecule has 1 atom stereocenters. The maximum atomic E-state index is 13.6. The van der Waals surface area contributed by atoms with E-state index in [4.69, 9.17) is 5.11 Å². The molecule has 0 bridgehead atoms. The molecule has 4 nitrogen and oxygen atoms in total. The zero-order valence-corrected chi connectivity index (χ0v) is 11.3. The van der Waals surface area contributed by atoms with Gasteiger partial charge in [0.2, 0.25) is 10.0 Å². The average molecular weight is 309 g/mol. The first kappa shape index (κ1) is 15.3. The van der Waals surface area contributed by atoms with Crippen LogP contribution in [0.25, 0.3) is 0 Å². The SMILES string of the molecule is O=S(=O)(c1cc(F)c(F)cc1F)N1CCCC(CO)C1. The fourth-order valence-corrected chi connectivity index (χ4v) is 3.85. The van der Waals surface area contributed by atoms with Gasteiger partial charge >= 0.3 is 0 Å². The number of aliphatic hydroxyl groups excluding tert-OH is 1. The number of rotatable bonds is 3.